The zero-order valence-electron chi connectivity index (χ0n) is 10.9. The molecule has 2 heterocycles. The monoisotopic (exact) mass is 323 g/mol. The third-order valence-corrected chi connectivity index (χ3v) is 3.48. The van der Waals surface area contributed by atoms with Crippen LogP contribution in [0, 0.1) is 0 Å². The van der Waals surface area contributed by atoms with E-state index in [2.05, 4.69) is 15.2 Å². The molecule has 0 fully saturated rings. The van der Waals surface area contributed by atoms with E-state index in [-0.39, 0.29) is 10.9 Å². The van der Waals surface area contributed by atoms with Gasteiger partial charge in [-0.2, -0.15) is 13.2 Å². The predicted molar refractivity (Wildman–Crippen MR) is 74.7 cm³/mol. The maximum absolute atomic E-state index is 12.6. The highest BCUT2D eigenvalue weighted by Gasteiger charge is 2.30. The first-order valence-corrected chi connectivity index (χ1v) is 6.94. The molecule has 8 heteroatoms. The average molecular weight is 323 g/mol. The SMILES string of the molecule is FC(F)(F)c1cccc(Oc2nnc(-c3ccccn3)s2)c1. The van der Waals surface area contributed by atoms with Crippen LogP contribution in [0.5, 0.6) is 10.9 Å². The lowest BCUT2D eigenvalue weighted by Gasteiger charge is -2.07. The summed E-state index contributed by atoms with van der Waals surface area (Å²) < 4.78 is 43.3. The minimum atomic E-state index is -4.42. The first-order valence-electron chi connectivity index (χ1n) is 6.12. The third kappa shape index (κ3) is 3.22. The largest absolute Gasteiger partial charge is 0.430 e. The van der Waals surface area contributed by atoms with Gasteiger partial charge in [0.2, 0.25) is 0 Å². The molecule has 0 amide bonds. The maximum Gasteiger partial charge on any atom is 0.416 e. The number of aromatic nitrogens is 3. The Morgan fingerprint density at radius 1 is 1.00 bits per heavy atom. The summed E-state index contributed by atoms with van der Waals surface area (Å²) in [6.45, 7) is 0. The standard InChI is InChI=1S/C14H8F3N3OS/c15-14(16,17)9-4-3-5-10(8-9)21-13-20-19-12(22-13)11-6-1-2-7-18-11/h1-8H. The fourth-order valence-corrected chi connectivity index (χ4v) is 2.37. The number of nitrogens with zero attached hydrogens (tertiary/aromatic N) is 3. The van der Waals surface area contributed by atoms with Crippen molar-refractivity contribution in [3.63, 3.8) is 0 Å². The van der Waals surface area contributed by atoms with Gasteiger partial charge in [0.1, 0.15) is 11.4 Å². The average Bonchev–Trinajstić information content (AvgIpc) is 2.96. The van der Waals surface area contributed by atoms with E-state index >= 15 is 0 Å². The molecule has 2 aromatic heterocycles. The van der Waals surface area contributed by atoms with Crippen molar-refractivity contribution in [2.24, 2.45) is 0 Å². The van der Waals surface area contributed by atoms with Gasteiger partial charge in [-0.25, -0.2) is 0 Å². The molecular formula is C14H8F3N3OS. The maximum atomic E-state index is 12.6. The van der Waals surface area contributed by atoms with Crippen molar-refractivity contribution in [1.29, 1.82) is 0 Å². The van der Waals surface area contributed by atoms with Gasteiger partial charge in [-0.05, 0) is 30.3 Å². The van der Waals surface area contributed by atoms with E-state index in [1.165, 1.54) is 12.1 Å². The van der Waals surface area contributed by atoms with Crippen molar-refractivity contribution >= 4 is 11.3 Å². The summed E-state index contributed by atoms with van der Waals surface area (Å²) in [5, 5.41) is 8.40. The summed E-state index contributed by atoms with van der Waals surface area (Å²) in [4.78, 5) is 4.12. The van der Waals surface area contributed by atoms with Crippen LogP contribution in [0.3, 0.4) is 0 Å². The number of hydrogen-bond acceptors (Lipinski definition) is 5. The summed E-state index contributed by atoms with van der Waals surface area (Å²) in [5.74, 6) is 0.0542. The predicted octanol–water partition coefficient (Wildman–Crippen LogP) is 4.41. The van der Waals surface area contributed by atoms with Crippen molar-refractivity contribution in [2.75, 3.05) is 0 Å². The molecule has 0 atom stereocenters. The quantitative estimate of drug-likeness (QED) is 0.716. The fraction of sp³-hybridized carbons (Fsp3) is 0.0714. The Morgan fingerprint density at radius 3 is 2.59 bits per heavy atom. The van der Waals surface area contributed by atoms with Crippen molar-refractivity contribution in [3.05, 3.63) is 54.2 Å². The van der Waals surface area contributed by atoms with Gasteiger partial charge in [0.25, 0.3) is 5.19 Å². The van der Waals surface area contributed by atoms with Gasteiger partial charge in [-0.3, -0.25) is 4.98 Å². The zero-order chi connectivity index (χ0) is 15.6. The Morgan fingerprint density at radius 2 is 1.86 bits per heavy atom. The number of benzene rings is 1. The minimum absolute atomic E-state index is 0.0542. The molecule has 0 saturated carbocycles. The lowest BCUT2D eigenvalue weighted by molar-refractivity contribution is -0.137. The number of alkyl halides is 3. The summed E-state index contributed by atoms with van der Waals surface area (Å²) in [5.41, 5.74) is -0.154. The van der Waals surface area contributed by atoms with Gasteiger partial charge in [0.15, 0.2) is 5.01 Å². The zero-order valence-corrected chi connectivity index (χ0v) is 11.7. The van der Waals surface area contributed by atoms with Crippen molar-refractivity contribution < 1.29 is 17.9 Å². The van der Waals surface area contributed by atoms with Crippen LogP contribution in [0.1, 0.15) is 5.56 Å². The number of halogens is 3. The molecule has 0 aliphatic heterocycles. The van der Waals surface area contributed by atoms with E-state index in [0.29, 0.717) is 10.7 Å². The van der Waals surface area contributed by atoms with E-state index < -0.39 is 11.7 Å². The molecule has 0 aliphatic rings. The van der Waals surface area contributed by atoms with Crippen LogP contribution in [-0.4, -0.2) is 15.2 Å². The summed E-state index contributed by atoms with van der Waals surface area (Å²) in [7, 11) is 0. The van der Waals surface area contributed by atoms with E-state index in [1.807, 2.05) is 0 Å². The Bertz CT molecular complexity index is 774. The van der Waals surface area contributed by atoms with Gasteiger partial charge >= 0.3 is 6.18 Å². The third-order valence-electron chi connectivity index (χ3n) is 2.66. The van der Waals surface area contributed by atoms with Crippen LogP contribution in [0.25, 0.3) is 10.7 Å². The molecule has 0 aliphatic carbocycles. The van der Waals surface area contributed by atoms with E-state index in [4.69, 9.17) is 4.74 Å². The molecule has 3 aromatic rings. The highest BCUT2D eigenvalue weighted by Crippen LogP contribution is 2.34. The minimum Gasteiger partial charge on any atom is -0.430 e. The lowest BCUT2D eigenvalue weighted by atomic mass is 10.2. The lowest BCUT2D eigenvalue weighted by Crippen LogP contribution is -2.04. The Hall–Kier alpha value is -2.48. The molecule has 1 aromatic carbocycles. The van der Waals surface area contributed by atoms with E-state index in [9.17, 15) is 13.2 Å². The number of hydrogen-bond donors (Lipinski definition) is 0. The molecular weight excluding hydrogens is 315 g/mol. The number of ether oxygens (including phenoxy) is 1. The topological polar surface area (TPSA) is 47.9 Å². The molecule has 0 unspecified atom stereocenters. The molecule has 22 heavy (non-hydrogen) atoms. The highest BCUT2D eigenvalue weighted by molar-refractivity contribution is 7.16. The van der Waals surface area contributed by atoms with Gasteiger partial charge in [-0.1, -0.05) is 28.6 Å². The van der Waals surface area contributed by atoms with Crippen molar-refractivity contribution in [2.45, 2.75) is 6.18 Å². The van der Waals surface area contributed by atoms with Gasteiger partial charge in [0.05, 0.1) is 5.56 Å². The highest BCUT2D eigenvalue weighted by atomic mass is 32.1. The molecule has 0 spiro atoms. The van der Waals surface area contributed by atoms with Crippen LogP contribution in [0.2, 0.25) is 0 Å². The Balaban J connectivity index is 1.81. The van der Waals surface area contributed by atoms with Crippen LogP contribution in [-0.2, 0) is 6.18 Å². The first kappa shape index (κ1) is 14.5. The molecule has 4 nitrogen and oxygen atoms in total. The molecule has 0 radical (unpaired) electrons. The van der Waals surface area contributed by atoms with Crippen LogP contribution < -0.4 is 4.74 Å². The molecule has 0 bridgehead atoms. The number of rotatable bonds is 3. The van der Waals surface area contributed by atoms with Crippen molar-refractivity contribution in [1.82, 2.24) is 15.2 Å². The summed E-state index contributed by atoms with van der Waals surface area (Å²) in [6, 6.07) is 9.93. The smallest absolute Gasteiger partial charge is 0.416 e. The van der Waals surface area contributed by atoms with Crippen molar-refractivity contribution in [3.8, 4) is 21.6 Å². The first-order chi connectivity index (χ1) is 10.5. The second kappa shape index (κ2) is 5.72. The molecule has 112 valence electrons. The van der Waals surface area contributed by atoms with Crippen LogP contribution >= 0.6 is 11.3 Å². The normalized spacial score (nSPS) is 11.4. The number of pyridine rings is 1. The molecule has 3 rings (SSSR count). The molecule has 0 N–H and O–H groups in total. The second-order valence-electron chi connectivity index (χ2n) is 4.22. The Kier molecular flexibility index (Phi) is 3.76. The summed E-state index contributed by atoms with van der Waals surface area (Å²) >= 11 is 1.11. The second-order valence-corrected chi connectivity index (χ2v) is 5.16. The van der Waals surface area contributed by atoms with Gasteiger partial charge < -0.3 is 4.74 Å². The van der Waals surface area contributed by atoms with E-state index in [0.717, 1.165) is 23.5 Å². The van der Waals surface area contributed by atoms with Gasteiger partial charge in [0, 0.05) is 6.20 Å². The van der Waals surface area contributed by atoms with Gasteiger partial charge in [-0.15, -0.1) is 5.10 Å². The van der Waals surface area contributed by atoms with Crippen LogP contribution in [0.15, 0.2) is 48.7 Å². The Labute approximate surface area is 127 Å². The fourth-order valence-electron chi connectivity index (χ4n) is 1.68. The summed E-state index contributed by atoms with van der Waals surface area (Å²) in [6.07, 6.45) is -2.80. The van der Waals surface area contributed by atoms with Crippen LogP contribution in [0.4, 0.5) is 13.2 Å². The van der Waals surface area contributed by atoms with E-state index in [1.54, 1.807) is 24.4 Å². The molecule has 0 saturated heterocycles.